The van der Waals surface area contributed by atoms with Gasteiger partial charge in [-0.15, -0.1) is 0 Å². The number of nitrogens with zero attached hydrogens (tertiary/aromatic N) is 2. The van der Waals surface area contributed by atoms with Gasteiger partial charge in [0.1, 0.15) is 23.1 Å². The second-order valence-corrected chi connectivity index (χ2v) is 13.7. The van der Waals surface area contributed by atoms with Crippen LogP contribution in [0.15, 0.2) is 18.3 Å². The maximum Gasteiger partial charge on any atom is 0.231 e. The number of aromatic nitrogens is 2. The standard InChI is InChI=1S/C33H45IN4O5/c1-18(2)26-15-29(42-6)27(34)16-28(26)43-30-17-35-33(38-32(41)25-13-11-24(12-14-25)21(5)40)37-31(30)36-19(3)22-7-9-23(10-8-22)20(4)39/h15-19,22-25H,7-14H2,1-6H3,(H2,35,36,37,38,41). The Hall–Kier alpha value is -2.76. The van der Waals surface area contributed by atoms with Crippen LogP contribution in [0.3, 0.4) is 0 Å². The van der Waals surface area contributed by atoms with E-state index in [0.29, 0.717) is 36.1 Å². The molecule has 2 aliphatic carbocycles. The number of ketones is 2. The maximum atomic E-state index is 13.1. The van der Waals surface area contributed by atoms with Crippen LogP contribution >= 0.6 is 22.6 Å². The summed E-state index contributed by atoms with van der Waals surface area (Å²) in [5.41, 5.74) is 0.998. The zero-order valence-corrected chi connectivity index (χ0v) is 28.3. The first kappa shape index (κ1) is 33.1. The highest BCUT2D eigenvalue weighted by Gasteiger charge is 2.30. The predicted molar refractivity (Wildman–Crippen MR) is 176 cm³/mol. The normalized spacial score (nSPS) is 22.9. The lowest BCUT2D eigenvalue weighted by atomic mass is 9.77. The van der Waals surface area contributed by atoms with Gasteiger partial charge in [0.25, 0.3) is 0 Å². The Bertz CT molecular complexity index is 1320. The third-order valence-corrected chi connectivity index (χ3v) is 10.1. The summed E-state index contributed by atoms with van der Waals surface area (Å²) in [4.78, 5) is 46.0. The van der Waals surface area contributed by atoms with E-state index in [2.05, 4.69) is 59.0 Å². The van der Waals surface area contributed by atoms with Crippen molar-refractivity contribution in [1.82, 2.24) is 9.97 Å². The van der Waals surface area contributed by atoms with Gasteiger partial charge >= 0.3 is 0 Å². The summed E-state index contributed by atoms with van der Waals surface area (Å²) in [6.45, 7) is 9.65. The Morgan fingerprint density at radius 2 is 1.44 bits per heavy atom. The van der Waals surface area contributed by atoms with E-state index in [1.807, 2.05) is 12.1 Å². The first-order chi connectivity index (χ1) is 20.5. The predicted octanol–water partition coefficient (Wildman–Crippen LogP) is 7.54. The van der Waals surface area contributed by atoms with Crippen LogP contribution in [0.2, 0.25) is 0 Å². The van der Waals surface area contributed by atoms with E-state index in [0.717, 1.165) is 53.4 Å². The average molecular weight is 705 g/mol. The molecule has 0 saturated heterocycles. The summed E-state index contributed by atoms with van der Waals surface area (Å²) in [5, 5.41) is 6.48. The van der Waals surface area contributed by atoms with E-state index in [1.165, 1.54) is 0 Å². The summed E-state index contributed by atoms with van der Waals surface area (Å²) in [5.74, 6) is 3.62. The summed E-state index contributed by atoms with van der Waals surface area (Å²) in [6.07, 6.45) is 8.14. The Morgan fingerprint density at radius 3 is 2.00 bits per heavy atom. The van der Waals surface area contributed by atoms with Crippen LogP contribution < -0.4 is 20.1 Å². The molecule has 1 atom stereocenters. The SMILES string of the molecule is COc1cc(C(C)C)c(Oc2cnc(NC(=O)C3CCC(C(C)=O)CC3)nc2NC(C)C2CCC(C(C)=O)CC2)cc1I. The first-order valence-electron chi connectivity index (χ1n) is 15.5. The Kier molecular flexibility index (Phi) is 11.4. The Balaban J connectivity index is 1.57. The van der Waals surface area contributed by atoms with Gasteiger partial charge in [0.15, 0.2) is 11.6 Å². The van der Waals surface area contributed by atoms with Gasteiger partial charge in [0.05, 0.1) is 16.9 Å². The van der Waals surface area contributed by atoms with Gasteiger partial charge < -0.3 is 14.8 Å². The second-order valence-electron chi connectivity index (χ2n) is 12.5. The number of hydrogen-bond donors (Lipinski definition) is 2. The lowest BCUT2D eigenvalue weighted by molar-refractivity contribution is -0.125. The topological polar surface area (TPSA) is 120 Å². The summed E-state index contributed by atoms with van der Waals surface area (Å²) in [7, 11) is 1.66. The van der Waals surface area contributed by atoms with Crippen LogP contribution in [-0.4, -0.2) is 40.6 Å². The largest absolute Gasteiger partial charge is 0.496 e. The Morgan fingerprint density at radius 1 is 0.860 bits per heavy atom. The lowest BCUT2D eigenvalue weighted by Gasteiger charge is -2.32. The molecule has 2 fully saturated rings. The van der Waals surface area contributed by atoms with E-state index in [4.69, 9.17) is 14.5 Å². The number of carbonyl (C=O) groups excluding carboxylic acids is 3. The number of hydrogen-bond acceptors (Lipinski definition) is 8. The minimum absolute atomic E-state index is 0.0521. The number of rotatable bonds is 11. The molecule has 0 bridgehead atoms. The number of anilines is 2. The summed E-state index contributed by atoms with van der Waals surface area (Å²) < 4.78 is 13.0. The molecular weight excluding hydrogens is 659 g/mol. The first-order valence-corrected chi connectivity index (χ1v) is 16.5. The summed E-state index contributed by atoms with van der Waals surface area (Å²) >= 11 is 2.23. The fraction of sp³-hybridized carbons (Fsp3) is 0.606. The van der Waals surface area contributed by atoms with Gasteiger partial charge in [-0.1, -0.05) is 13.8 Å². The van der Waals surface area contributed by atoms with Crippen LogP contribution in [0.5, 0.6) is 17.2 Å². The molecule has 0 spiro atoms. The molecule has 0 radical (unpaired) electrons. The van der Waals surface area contributed by atoms with Crippen LogP contribution in [-0.2, 0) is 14.4 Å². The van der Waals surface area contributed by atoms with Gasteiger partial charge in [0, 0.05) is 29.4 Å². The van der Waals surface area contributed by atoms with Crippen LogP contribution in [0, 0.1) is 27.2 Å². The molecule has 10 heteroatoms. The highest BCUT2D eigenvalue weighted by molar-refractivity contribution is 14.1. The fourth-order valence-electron chi connectivity index (χ4n) is 6.31. The molecule has 1 aromatic heterocycles. The van der Waals surface area contributed by atoms with E-state index >= 15 is 0 Å². The average Bonchev–Trinajstić information content (AvgIpc) is 2.98. The van der Waals surface area contributed by atoms with E-state index in [-0.39, 0.29) is 53.1 Å². The van der Waals surface area contributed by atoms with Crippen molar-refractivity contribution in [3.63, 3.8) is 0 Å². The quantitative estimate of drug-likeness (QED) is 0.231. The van der Waals surface area contributed by atoms with Crippen LogP contribution in [0.1, 0.15) is 97.5 Å². The molecule has 1 amide bonds. The monoisotopic (exact) mass is 704 g/mol. The van der Waals surface area contributed by atoms with Crippen molar-refractivity contribution in [2.75, 3.05) is 17.7 Å². The molecule has 1 heterocycles. The van der Waals surface area contributed by atoms with Gasteiger partial charge in [-0.2, -0.15) is 4.98 Å². The highest BCUT2D eigenvalue weighted by Crippen LogP contribution is 2.40. The zero-order chi connectivity index (χ0) is 31.3. The highest BCUT2D eigenvalue weighted by atomic mass is 127. The number of methoxy groups -OCH3 is 1. The second kappa shape index (κ2) is 14.8. The number of ether oxygens (including phenoxy) is 2. The van der Waals surface area contributed by atoms with Crippen molar-refractivity contribution in [1.29, 1.82) is 0 Å². The smallest absolute Gasteiger partial charge is 0.231 e. The number of nitrogens with one attached hydrogen (secondary N) is 2. The molecule has 2 N–H and O–H groups in total. The lowest BCUT2D eigenvalue weighted by Crippen LogP contribution is -2.32. The zero-order valence-electron chi connectivity index (χ0n) is 26.2. The third-order valence-electron chi connectivity index (χ3n) is 9.21. The number of benzene rings is 1. The number of carbonyl (C=O) groups is 3. The molecule has 1 aromatic carbocycles. The molecule has 2 aromatic rings. The van der Waals surface area contributed by atoms with Crippen LogP contribution in [0.4, 0.5) is 11.8 Å². The van der Waals surface area contributed by atoms with Crippen molar-refractivity contribution in [2.24, 2.45) is 23.7 Å². The molecular formula is C33H45IN4O5. The van der Waals surface area contributed by atoms with Crippen molar-refractivity contribution < 1.29 is 23.9 Å². The Labute approximate surface area is 268 Å². The van der Waals surface area contributed by atoms with Gasteiger partial charge in [-0.3, -0.25) is 19.7 Å². The molecule has 2 saturated carbocycles. The van der Waals surface area contributed by atoms with Crippen molar-refractivity contribution in [2.45, 2.75) is 97.9 Å². The fourth-order valence-corrected chi connectivity index (χ4v) is 6.97. The molecule has 4 rings (SSSR count). The molecule has 0 aliphatic heterocycles. The van der Waals surface area contributed by atoms with Crippen LogP contribution in [0.25, 0.3) is 0 Å². The number of halogens is 1. The molecule has 234 valence electrons. The van der Waals surface area contributed by atoms with E-state index in [9.17, 15) is 14.4 Å². The van der Waals surface area contributed by atoms with Gasteiger partial charge in [0.2, 0.25) is 11.9 Å². The van der Waals surface area contributed by atoms with Crippen molar-refractivity contribution >= 4 is 51.8 Å². The van der Waals surface area contributed by atoms with Crippen molar-refractivity contribution in [3.05, 3.63) is 27.5 Å². The van der Waals surface area contributed by atoms with Gasteiger partial charge in [-0.05, 0) is 119 Å². The summed E-state index contributed by atoms with van der Waals surface area (Å²) in [6, 6.07) is 4.02. The number of amides is 1. The minimum atomic E-state index is -0.170. The molecule has 2 aliphatic rings. The molecule has 43 heavy (non-hydrogen) atoms. The minimum Gasteiger partial charge on any atom is -0.496 e. The van der Waals surface area contributed by atoms with Gasteiger partial charge in [-0.25, -0.2) is 4.98 Å². The van der Waals surface area contributed by atoms with E-state index < -0.39 is 0 Å². The van der Waals surface area contributed by atoms with E-state index in [1.54, 1.807) is 27.2 Å². The molecule has 1 unspecified atom stereocenters. The third kappa shape index (κ3) is 8.45. The molecule has 9 nitrogen and oxygen atoms in total. The maximum absolute atomic E-state index is 13.1. The van der Waals surface area contributed by atoms with Crippen molar-refractivity contribution in [3.8, 4) is 17.2 Å². The number of Topliss-reactive ketones (excluding diaryl/α,β-unsaturated/α-hetero) is 2.